The van der Waals surface area contributed by atoms with E-state index in [1.54, 1.807) is 6.92 Å². The topological polar surface area (TPSA) is 43.1 Å². The van der Waals surface area contributed by atoms with Crippen LogP contribution in [-0.4, -0.2) is 12.3 Å². The summed E-state index contributed by atoms with van der Waals surface area (Å²) in [5, 5.41) is -0.0270. The molecule has 1 aromatic rings. The molecular weight excluding hydrogens is 217 g/mol. The molecule has 1 rings (SSSR count). The Bertz CT molecular complexity index is 368. The van der Waals surface area contributed by atoms with Gasteiger partial charge in [-0.2, -0.15) is 0 Å². The highest BCUT2D eigenvalue weighted by molar-refractivity contribution is 6.31. The minimum absolute atomic E-state index is 0.0270. The molecule has 0 amide bonds. The Kier molecular flexibility index (Phi) is 4.24. The van der Waals surface area contributed by atoms with E-state index in [1.807, 2.05) is 0 Å². The van der Waals surface area contributed by atoms with E-state index < -0.39 is 5.82 Å². The highest BCUT2D eigenvalue weighted by atomic mass is 35.5. The zero-order valence-electron chi connectivity index (χ0n) is 8.47. The average molecular weight is 230 g/mol. The standard InChI is InChI=1S/C11H13ClFNO/c1-7(4-5-14)11(15)8-2-3-10(13)9(12)6-8/h2-3,6-7H,4-5,14H2,1H3. The smallest absolute Gasteiger partial charge is 0.165 e. The van der Waals surface area contributed by atoms with Crippen LogP contribution in [0.2, 0.25) is 5.02 Å². The molecule has 0 spiro atoms. The molecule has 82 valence electrons. The minimum Gasteiger partial charge on any atom is -0.330 e. The normalized spacial score (nSPS) is 12.5. The number of benzene rings is 1. The van der Waals surface area contributed by atoms with E-state index in [0.29, 0.717) is 18.5 Å². The molecular formula is C11H13ClFNO. The molecule has 0 heterocycles. The van der Waals surface area contributed by atoms with Crippen LogP contribution < -0.4 is 5.73 Å². The van der Waals surface area contributed by atoms with Crippen LogP contribution in [0.25, 0.3) is 0 Å². The summed E-state index contributed by atoms with van der Waals surface area (Å²) in [6.45, 7) is 2.26. The Hall–Kier alpha value is -0.930. The van der Waals surface area contributed by atoms with Crippen molar-refractivity contribution in [2.75, 3.05) is 6.54 Å². The lowest BCUT2D eigenvalue weighted by Crippen LogP contribution is -2.15. The van der Waals surface area contributed by atoms with Crippen LogP contribution in [0.5, 0.6) is 0 Å². The van der Waals surface area contributed by atoms with Gasteiger partial charge in [0.05, 0.1) is 5.02 Å². The summed E-state index contributed by atoms with van der Waals surface area (Å²) in [5.74, 6) is -0.724. The second-order valence-electron chi connectivity index (χ2n) is 3.47. The van der Waals surface area contributed by atoms with Crippen LogP contribution >= 0.6 is 11.6 Å². The number of halogens is 2. The summed E-state index contributed by atoms with van der Waals surface area (Å²) in [5.41, 5.74) is 5.79. The quantitative estimate of drug-likeness (QED) is 0.807. The maximum atomic E-state index is 12.8. The number of carbonyl (C=O) groups excluding carboxylic acids is 1. The SMILES string of the molecule is CC(CCN)C(=O)c1ccc(F)c(Cl)c1. The van der Waals surface area contributed by atoms with Gasteiger partial charge in [0, 0.05) is 11.5 Å². The molecule has 0 aliphatic carbocycles. The van der Waals surface area contributed by atoms with Crippen LogP contribution in [0.4, 0.5) is 4.39 Å². The summed E-state index contributed by atoms with van der Waals surface area (Å²) < 4.78 is 12.8. The van der Waals surface area contributed by atoms with Crippen molar-refractivity contribution in [1.82, 2.24) is 0 Å². The van der Waals surface area contributed by atoms with Gasteiger partial charge in [0.2, 0.25) is 0 Å². The first-order valence-corrected chi connectivity index (χ1v) is 5.13. The van der Waals surface area contributed by atoms with E-state index >= 15 is 0 Å². The number of rotatable bonds is 4. The third kappa shape index (κ3) is 3.01. The number of Topliss-reactive ketones (excluding diaryl/α,β-unsaturated/α-hetero) is 1. The van der Waals surface area contributed by atoms with E-state index in [4.69, 9.17) is 17.3 Å². The van der Waals surface area contributed by atoms with Gasteiger partial charge in [0.15, 0.2) is 5.78 Å². The van der Waals surface area contributed by atoms with E-state index in [2.05, 4.69) is 0 Å². The lowest BCUT2D eigenvalue weighted by atomic mass is 9.96. The first kappa shape index (κ1) is 12.1. The predicted octanol–water partition coefficient (Wildman–Crippen LogP) is 2.65. The van der Waals surface area contributed by atoms with E-state index in [0.717, 1.165) is 0 Å². The molecule has 2 nitrogen and oxygen atoms in total. The molecule has 15 heavy (non-hydrogen) atoms. The second-order valence-corrected chi connectivity index (χ2v) is 3.88. The minimum atomic E-state index is -0.514. The Morgan fingerprint density at radius 3 is 2.80 bits per heavy atom. The van der Waals surface area contributed by atoms with Gasteiger partial charge < -0.3 is 5.73 Å². The average Bonchev–Trinajstić information content (AvgIpc) is 2.21. The predicted molar refractivity (Wildman–Crippen MR) is 58.6 cm³/mol. The molecule has 4 heteroatoms. The van der Waals surface area contributed by atoms with Gasteiger partial charge in [-0.25, -0.2) is 4.39 Å². The Balaban J connectivity index is 2.87. The van der Waals surface area contributed by atoms with Crippen molar-refractivity contribution in [3.05, 3.63) is 34.6 Å². The highest BCUT2D eigenvalue weighted by Gasteiger charge is 2.15. The third-order valence-corrected chi connectivity index (χ3v) is 2.54. The molecule has 0 aliphatic heterocycles. The monoisotopic (exact) mass is 229 g/mol. The molecule has 1 aromatic carbocycles. The lowest BCUT2D eigenvalue weighted by Gasteiger charge is -2.09. The Morgan fingerprint density at radius 2 is 2.27 bits per heavy atom. The van der Waals surface area contributed by atoms with Crippen LogP contribution in [0.1, 0.15) is 23.7 Å². The molecule has 1 unspecified atom stereocenters. The third-order valence-electron chi connectivity index (χ3n) is 2.25. The Morgan fingerprint density at radius 1 is 1.60 bits per heavy atom. The molecule has 0 saturated heterocycles. The molecule has 0 bridgehead atoms. The second kappa shape index (κ2) is 5.24. The van der Waals surface area contributed by atoms with Crippen LogP contribution in [0.3, 0.4) is 0 Å². The maximum Gasteiger partial charge on any atom is 0.165 e. The van der Waals surface area contributed by atoms with Gasteiger partial charge in [0.25, 0.3) is 0 Å². The van der Waals surface area contributed by atoms with E-state index in [1.165, 1.54) is 18.2 Å². The molecule has 1 atom stereocenters. The molecule has 0 radical (unpaired) electrons. The van der Waals surface area contributed by atoms with Gasteiger partial charge in [0.1, 0.15) is 5.82 Å². The number of hydrogen-bond acceptors (Lipinski definition) is 2. The molecule has 0 aliphatic rings. The lowest BCUT2D eigenvalue weighted by molar-refractivity contribution is 0.0925. The van der Waals surface area contributed by atoms with E-state index in [9.17, 15) is 9.18 Å². The van der Waals surface area contributed by atoms with E-state index in [-0.39, 0.29) is 16.7 Å². The number of hydrogen-bond donors (Lipinski definition) is 1. The van der Waals surface area contributed by atoms with Gasteiger partial charge in [-0.1, -0.05) is 18.5 Å². The van der Waals surface area contributed by atoms with Crippen molar-refractivity contribution in [2.24, 2.45) is 11.7 Å². The molecule has 2 N–H and O–H groups in total. The fourth-order valence-corrected chi connectivity index (χ4v) is 1.50. The van der Waals surface area contributed by atoms with Gasteiger partial charge in [-0.05, 0) is 31.2 Å². The fourth-order valence-electron chi connectivity index (χ4n) is 1.32. The summed E-state index contributed by atoms with van der Waals surface area (Å²) in [6.07, 6.45) is 0.619. The highest BCUT2D eigenvalue weighted by Crippen LogP contribution is 2.19. The molecule has 0 fully saturated rings. The van der Waals surface area contributed by atoms with Gasteiger partial charge in [-0.3, -0.25) is 4.79 Å². The summed E-state index contributed by atoms with van der Waals surface area (Å²) in [6, 6.07) is 3.99. The summed E-state index contributed by atoms with van der Waals surface area (Å²) in [7, 11) is 0. The van der Waals surface area contributed by atoms with Crippen LogP contribution in [0.15, 0.2) is 18.2 Å². The summed E-state index contributed by atoms with van der Waals surface area (Å²) in [4.78, 5) is 11.8. The van der Waals surface area contributed by atoms with Crippen molar-refractivity contribution in [3.8, 4) is 0 Å². The molecule has 0 aromatic heterocycles. The zero-order chi connectivity index (χ0) is 11.4. The maximum absolute atomic E-state index is 12.8. The van der Waals surface area contributed by atoms with Crippen molar-refractivity contribution in [1.29, 1.82) is 0 Å². The van der Waals surface area contributed by atoms with Gasteiger partial charge in [-0.15, -0.1) is 0 Å². The van der Waals surface area contributed by atoms with Crippen molar-refractivity contribution in [2.45, 2.75) is 13.3 Å². The van der Waals surface area contributed by atoms with Crippen molar-refractivity contribution in [3.63, 3.8) is 0 Å². The first-order chi connectivity index (χ1) is 7.06. The van der Waals surface area contributed by atoms with Crippen LogP contribution in [-0.2, 0) is 0 Å². The van der Waals surface area contributed by atoms with Gasteiger partial charge >= 0.3 is 0 Å². The number of ketones is 1. The number of nitrogens with two attached hydrogens (primary N) is 1. The Labute approximate surface area is 93.2 Å². The molecule has 0 saturated carbocycles. The van der Waals surface area contributed by atoms with Crippen LogP contribution in [0, 0.1) is 11.7 Å². The van der Waals surface area contributed by atoms with Crippen molar-refractivity contribution < 1.29 is 9.18 Å². The largest absolute Gasteiger partial charge is 0.330 e. The summed E-state index contributed by atoms with van der Waals surface area (Å²) >= 11 is 5.59. The first-order valence-electron chi connectivity index (χ1n) is 4.75. The van der Waals surface area contributed by atoms with Crippen molar-refractivity contribution >= 4 is 17.4 Å². The number of carbonyl (C=O) groups is 1. The fraction of sp³-hybridized carbons (Fsp3) is 0.364. The zero-order valence-corrected chi connectivity index (χ0v) is 9.22.